The molecule has 76 valence electrons. The first-order chi connectivity index (χ1) is 6.26. The lowest BCUT2D eigenvalue weighted by atomic mass is 10.1. The Morgan fingerprint density at radius 2 is 2.08 bits per heavy atom. The molecule has 1 saturated heterocycles. The molecule has 1 heterocycles. The van der Waals surface area contributed by atoms with E-state index in [4.69, 9.17) is 12.2 Å². The Morgan fingerprint density at radius 3 is 2.54 bits per heavy atom. The van der Waals surface area contributed by atoms with Crippen LogP contribution in [0.15, 0.2) is 0 Å². The van der Waals surface area contributed by atoms with Crippen molar-refractivity contribution in [2.45, 2.75) is 25.8 Å². The molecule has 1 fully saturated rings. The molecule has 0 aliphatic carbocycles. The van der Waals surface area contributed by atoms with E-state index in [-0.39, 0.29) is 0 Å². The average molecular weight is 201 g/mol. The van der Waals surface area contributed by atoms with E-state index in [0.29, 0.717) is 6.04 Å². The molecule has 0 aromatic carbocycles. The van der Waals surface area contributed by atoms with Gasteiger partial charge in [-0.15, -0.1) is 0 Å². The minimum Gasteiger partial charge on any atom is -0.366 e. The van der Waals surface area contributed by atoms with Gasteiger partial charge in [0, 0.05) is 26.2 Å². The maximum atomic E-state index is 5.06. The van der Waals surface area contributed by atoms with E-state index in [1.54, 1.807) is 0 Å². The molecule has 0 aromatic heterocycles. The number of rotatable bonds is 2. The third-order valence-corrected chi connectivity index (χ3v) is 2.92. The van der Waals surface area contributed by atoms with Crippen molar-refractivity contribution in [3.05, 3.63) is 0 Å². The number of hydrogen-bond acceptors (Lipinski definition) is 2. The van der Waals surface area contributed by atoms with Gasteiger partial charge in [0.2, 0.25) is 0 Å². The van der Waals surface area contributed by atoms with Gasteiger partial charge in [-0.1, -0.05) is 6.92 Å². The molecule has 4 heteroatoms. The normalized spacial score (nSPS) is 19.8. The summed E-state index contributed by atoms with van der Waals surface area (Å²) < 4.78 is 0. The van der Waals surface area contributed by atoms with Gasteiger partial charge in [0.15, 0.2) is 5.11 Å². The summed E-state index contributed by atoms with van der Waals surface area (Å²) in [6.07, 6.45) is 2.41. The molecular formula is C9H19N3S. The highest BCUT2D eigenvalue weighted by Gasteiger charge is 2.17. The second kappa shape index (κ2) is 5.40. The quantitative estimate of drug-likeness (QED) is 0.639. The van der Waals surface area contributed by atoms with Crippen LogP contribution in [0.4, 0.5) is 0 Å². The number of likely N-dealkylation sites (tertiary alicyclic amines) is 1. The van der Waals surface area contributed by atoms with Gasteiger partial charge in [-0.2, -0.15) is 0 Å². The van der Waals surface area contributed by atoms with Crippen LogP contribution in [-0.2, 0) is 0 Å². The Kier molecular flexibility index (Phi) is 4.45. The predicted molar refractivity (Wildman–Crippen MR) is 59.9 cm³/mol. The SMILES string of the molecule is CCN1CCC(NC(=S)NC)CC1. The summed E-state index contributed by atoms with van der Waals surface area (Å²) in [4.78, 5) is 2.47. The zero-order valence-electron chi connectivity index (χ0n) is 8.47. The van der Waals surface area contributed by atoms with Gasteiger partial charge in [0.25, 0.3) is 0 Å². The highest BCUT2D eigenvalue weighted by molar-refractivity contribution is 7.80. The van der Waals surface area contributed by atoms with E-state index >= 15 is 0 Å². The second-order valence-corrected chi connectivity index (χ2v) is 3.84. The van der Waals surface area contributed by atoms with Crippen molar-refractivity contribution in [3.8, 4) is 0 Å². The van der Waals surface area contributed by atoms with Gasteiger partial charge in [-0.25, -0.2) is 0 Å². The summed E-state index contributed by atoms with van der Waals surface area (Å²) in [6, 6.07) is 0.572. The highest BCUT2D eigenvalue weighted by atomic mass is 32.1. The minimum atomic E-state index is 0.572. The Balaban J connectivity index is 2.21. The molecule has 0 radical (unpaired) electrons. The molecule has 0 spiro atoms. The van der Waals surface area contributed by atoms with Crippen LogP contribution in [0.3, 0.4) is 0 Å². The van der Waals surface area contributed by atoms with E-state index in [2.05, 4.69) is 22.5 Å². The maximum Gasteiger partial charge on any atom is 0.166 e. The third-order valence-electron chi connectivity index (χ3n) is 2.60. The van der Waals surface area contributed by atoms with Crippen molar-refractivity contribution in [3.63, 3.8) is 0 Å². The summed E-state index contributed by atoms with van der Waals surface area (Å²) in [6.45, 7) is 5.77. The van der Waals surface area contributed by atoms with Gasteiger partial charge in [-0.05, 0) is 31.6 Å². The van der Waals surface area contributed by atoms with Crippen LogP contribution < -0.4 is 10.6 Å². The fraction of sp³-hybridized carbons (Fsp3) is 0.889. The predicted octanol–water partition coefficient (Wildman–Crippen LogP) is 0.565. The van der Waals surface area contributed by atoms with Gasteiger partial charge >= 0.3 is 0 Å². The lowest BCUT2D eigenvalue weighted by Gasteiger charge is -2.31. The summed E-state index contributed by atoms with van der Waals surface area (Å²) >= 11 is 5.06. The molecule has 13 heavy (non-hydrogen) atoms. The van der Waals surface area contributed by atoms with E-state index < -0.39 is 0 Å². The number of thiocarbonyl (C=S) groups is 1. The standard InChI is InChI=1S/C9H19N3S/c1-3-12-6-4-8(5-7-12)11-9(13)10-2/h8H,3-7H2,1-2H3,(H2,10,11,13). The zero-order valence-corrected chi connectivity index (χ0v) is 9.28. The maximum absolute atomic E-state index is 5.06. The topological polar surface area (TPSA) is 27.3 Å². The first-order valence-electron chi connectivity index (χ1n) is 4.97. The van der Waals surface area contributed by atoms with Crippen LogP contribution in [0.1, 0.15) is 19.8 Å². The van der Waals surface area contributed by atoms with Crippen molar-refractivity contribution in [1.82, 2.24) is 15.5 Å². The molecule has 0 saturated carbocycles. The van der Waals surface area contributed by atoms with Crippen LogP contribution in [0.2, 0.25) is 0 Å². The Labute approximate surface area is 85.9 Å². The number of nitrogens with zero attached hydrogens (tertiary/aromatic N) is 1. The number of piperidine rings is 1. The lowest BCUT2D eigenvalue weighted by Crippen LogP contribution is -2.46. The Morgan fingerprint density at radius 1 is 1.46 bits per heavy atom. The van der Waals surface area contributed by atoms with E-state index in [0.717, 1.165) is 5.11 Å². The zero-order chi connectivity index (χ0) is 9.68. The molecule has 0 aromatic rings. The van der Waals surface area contributed by atoms with Crippen LogP contribution in [0.25, 0.3) is 0 Å². The second-order valence-electron chi connectivity index (χ2n) is 3.43. The van der Waals surface area contributed by atoms with Gasteiger partial charge in [0.05, 0.1) is 0 Å². The van der Waals surface area contributed by atoms with E-state index in [1.807, 2.05) is 7.05 Å². The number of hydrogen-bond donors (Lipinski definition) is 2. The molecule has 0 unspecified atom stereocenters. The molecule has 1 aliphatic heterocycles. The summed E-state index contributed by atoms with van der Waals surface area (Å²) in [7, 11) is 1.86. The van der Waals surface area contributed by atoms with Crippen LogP contribution in [-0.4, -0.2) is 42.7 Å². The molecule has 0 atom stereocenters. The summed E-state index contributed by atoms with van der Waals surface area (Å²) in [5.41, 5.74) is 0. The third kappa shape index (κ3) is 3.48. The minimum absolute atomic E-state index is 0.572. The van der Waals surface area contributed by atoms with Gasteiger partial charge < -0.3 is 15.5 Å². The summed E-state index contributed by atoms with van der Waals surface area (Å²) in [5.74, 6) is 0. The smallest absolute Gasteiger partial charge is 0.166 e. The Hall–Kier alpha value is -0.350. The first-order valence-corrected chi connectivity index (χ1v) is 5.37. The lowest BCUT2D eigenvalue weighted by molar-refractivity contribution is 0.216. The van der Waals surface area contributed by atoms with Crippen LogP contribution in [0.5, 0.6) is 0 Å². The van der Waals surface area contributed by atoms with E-state index in [1.165, 1.54) is 32.5 Å². The highest BCUT2D eigenvalue weighted by Crippen LogP contribution is 2.09. The molecule has 1 rings (SSSR count). The largest absolute Gasteiger partial charge is 0.366 e. The molecule has 1 aliphatic rings. The Bertz CT molecular complexity index is 164. The fourth-order valence-electron chi connectivity index (χ4n) is 1.65. The van der Waals surface area contributed by atoms with Crippen molar-refractivity contribution >= 4 is 17.3 Å². The molecule has 3 nitrogen and oxygen atoms in total. The molecule has 2 N–H and O–H groups in total. The molecular weight excluding hydrogens is 182 g/mol. The van der Waals surface area contributed by atoms with Crippen LogP contribution >= 0.6 is 12.2 Å². The van der Waals surface area contributed by atoms with E-state index in [9.17, 15) is 0 Å². The van der Waals surface area contributed by atoms with Crippen molar-refractivity contribution in [1.29, 1.82) is 0 Å². The van der Waals surface area contributed by atoms with Gasteiger partial charge in [-0.3, -0.25) is 0 Å². The van der Waals surface area contributed by atoms with Crippen molar-refractivity contribution in [2.75, 3.05) is 26.7 Å². The average Bonchev–Trinajstić information content (AvgIpc) is 2.19. The number of nitrogens with one attached hydrogen (secondary N) is 2. The fourth-order valence-corrected chi connectivity index (χ4v) is 1.82. The monoisotopic (exact) mass is 201 g/mol. The first kappa shape index (κ1) is 10.7. The van der Waals surface area contributed by atoms with Crippen LogP contribution in [0, 0.1) is 0 Å². The summed E-state index contributed by atoms with van der Waals surface area (Å²) in [5, 5.41) is 7.02. The molecule has 0 bridgehead atoms. The molecule has 0 amide bonds. The van der Waals surface area contributed by atoms with Gasteiger partial charge in [0.1, 0.15) is 0 Å². The van der Waals surface area contributed by atoms with Crippen molar-refractivity contribution < 1.29 is 0 Å². The van der Waals surface area contributed by atoms with Crippen molar-refractivity contribution in [2.24, 2.45) is 0 Å².